The summed E-state index contributed by atoms with van der Waals surface area (Å²) in [4.78, 5) is 16.5. The van der Waals surface area contributed by atoms with E-state index in [9.17, 15) is 4.79 Å². The third kappa shape index (κ3) is 3.14. The number of rotatable bonds is 5. The quantitative estimate of drug-likeness (QED) is 0.876. The minimum Gasteiger partial charge on any atom is -0.384 e. The van der Waals surface area contributed by atoms with Gasteiger partial charge in [-0.2, -0.15) is 5.10 Å². The molecule has 0 fully saturated rings. The average Bonchev–Trinajstić information content (AvgIpc) is 2.82. The van der Waals surface area contributed by atoms with Crippen LogP contribution in [0.5, 0.6) is 0 Å². The van der Waals surface area contributed by atoms with Crippen molar-refractivity contribution in [1.29, 1.82) is 0 Å². The van der Waals surface area contributed by atoms with Gasteiger partial charge >= 0.3 is 0 Å². The molecule has 2 heterocycles. The fraction of sp³-hybridized carbons (Fsp3) is 0.357. The maximum absolute atomic E-state index is 12.3. The Labute approximate surface area is 118 Å². The van der Waals surface area contributed by atoms with Crippen molar-refractivity contribution in [3.05, 3.63) is 35.8 Å². The van der Waals surface area contributed by atoms with Crippen LogP contribution in [0.1, 0.15) is 29.4 Å². The molecule has 2 aromatic heterocycles. The van der Waals surface area contributed by atoms with Gasteiger partial charge in [-0.1, -0.05) is 6.92 Å². The minimum absolute atomic E-state index is 0.195. The highest BCUT2D eigenvalue weighted by atomic mass is 16.1. The molecule has 2 N–H and O–H groups in total. The van der Waals surface area contributed by atoms with Gasteiger partial charge in [-0.3, -0.25) is 14.5 Å². The Morgan fingerprint density at radius 2 is 2.25 bits per heavy atom. The predicted molar refractivity (Wildman–Crippen MR) is 78.9 cm³/mol. The number of hydrogen-bond acceptors (Lipinski definition) is 4. The molecule has 0 spiro atoms. The highest BCUT2D eigenvalue weighted by Gasteiger charge is 2.13. The molecule has 106 valence electrons. The normalized spacial score (nSPS) is 10.3. The van der Waals surface area contributed by atoms with Crippen LogP contribution in [-0.4, -0.2) is 27.2 Å². The van der Waals surface area contributed by atoms with Gasteiger partial charge in [0.1, 0.15) is 5.82 Å². The lowest BCUT2D eigenvalue weighted by Crippen LogP contribution is -2.17. The van der Waals surface area contributed by atoms with E-state index in [1.54, 1.807) is 30.2 Å². The molecule has 2 aromatic rings. The summed E-state index contributed by atoms with van der Waals surface area (Å²) in [7, 11) is 1.78. The number of aromatic nitrogens is 3. The number of pyridine rings is 1. The third-order valence-electron chi connectivity index (χ3n) is 2.91. The van der Waals surface area contributed by atoms with Gasteiger partial charge in [-0.05, 0) is 19.4 Å². The molecule has 0 saturated carbocycles. The molecule has 0 aliphatic rings. The van der Waals surface area contributed by atoms with Crippen LogP contribution >= 0.6 is 0 Å². The summed E-state index contributed by atoms with van der Waals surface area (Å²) in [6, 6.07) is 3.63. The number of aryl methyl sites for hydroxylation is 2. The molecule has 6 heteroatoms. The molecule has 0 atom stereocenters. The van der Waals surface area contributed by atoms with E-state index in [-0.39, 0.29) is 5.91 Å². The zero-order chi connectivity index (χ0) is 14.5. The van der Waals surface area contributed by atoms with Gasteiger partial charge in [0, 0.05) is 31.5 Å². The van der Waals surface area contributed by atoms with Gasteiger partial charge in [0.05, 0.1) is 17.4 Å². The summed E-state index contributed by atoms with van der Waals surface area (Å²) in [6.07, 6.45) is 4.22. The smallest absolute Gasteiger partial charge is 0.260 e. The summed E-state index contributed by atoms with van der Waals surface area (Å²) in [5, 5.41) is 10.1. The van der Waals surface area contributed by atoms with Crippen LogP contribution in [0.25, 0.3) is 0 Å². The van der Waals surface area contributed by atoms with Gasteiger partial charge in [-0.15, -0.1) is 0 Å². The topological polar surface area (TPSA) is 71.8 Å². The van der Waals surface area contributed by atoms with Crippen molar-refractivity contribution >= 4 is 17.4 Å². The average molecular weight is 273 g/mol. The van der Waals surface area contributed by atoms with Crippen molar-refractivity contribution in [2.75, 3.05) is 17.2 Å². The second-order valence-electron chi connectivity index (χ2n) is 4.59. The van der Waals surface area contributed by atoms with Crippen molar-refractivity contribution in [3.8, 4) is 0 Å². The monoisotopic (exact) mass is 273 g/mol. The Balaban J connectivity index is 2.22. The Bertz CT molecular complexity index is 605. The molecule has 0 saturated heterocycles. The van der Waals surface area contributed by atoms with Crippen molar-refractivity contribution < 1.29 is 4.79 Å². The number of carbonyl (C=O) groups is 1. The molecule has 20 heavy (non-hydrogen) atoms. The van der Waals surface area contributed by atoms with E-state index >= 15 is 0 Å². The predicted octanol–water partition coefficient (Wildman–Crippen LogP) is 2.20. The SMILES string of the molecule is CCCNc1cc(C)ncc1C(=O)Nc1ccnn1C. The molecule has 0 radical (unpaired) electrons. The molecule has 0 aromatic carbocycles. The second-order valence-corrected chi connectivity index (χ2v) is 4.59. The van der Waals surface area contributed by atoms with E-state index in [4.69, 9.17) is 0 Å². The van der Waals surface area contributed by atoms with Crippen LogP contribution in [0, 0.1) is 6.92 Å². The van der Waals surface area contributed by atoms with E-state index in [2.05, 4.69) is 27.6 Å². The Morgan fingerprint density at radius 1 is 1.45 bits per heavy atom. The first-order valence-electron chi connectivity index (χ1n) is 6.61. The van der Waals surface area contributed by atoms with E-state index in [0.717, 1.165) is 24.3 Å². The van der Waals surface area contributed by atoms with Gasteiger partial charge in [0.2, 0.25) is 0 Å². The fourth-order valence-electron chi connectivity index (χ4n) is 1.83. The van der Waals surface area contributed by atoms with Gasteiger partial charge in [0.15, 0.2) is 0 Å². The molecule has 0 aliphatic heterocycles. The lowest BCUT2D eigenvalue weighted by atomic mass is 10.2. The Kier molecular flexibility index (Phi) is 4.34. The first kappa shape index (κ1) is 14.0. The molecule has 0 unspecified atom stereocenters. The molecule has 1 amide bonds. The summed E-state index contributed by atoms with van der Waals surface area (Å²) in [5.41, 5.74) is 2.21. The van der Waals surface area contributed by atoms with E-state index in [0.29, 0.717) is 11.4 Å². The van der Waals surface area contributed by atoms with Crippen LogP contribution in [0.2, 0.25) is 0 Å². The number of nitrogens with one attached hydrogen (secondary N) is 2. The largest absolute Gasteiger partial charge is 0.384 e. The molecular weight excluding hydrogens is 254 g/mol. The molecule has 2 rings (SSSR count). The number of amides is 1. The number of anilines is 2. The molecular formula is C14H19N5O. The molecule has 0 aliphatic carbocycles. The molecule has 6 nitrogen and oxygen atoms in total. The fourth-order valence-corrected chi connectivity index (χ4v) is 1.83. The maximum atomic E-state index is 12.3. The maximum Gasteiger partial charge on any atom is 0.260 e. The van der Waals surface area contributed by atoms with Gasteiger partial charge < -0.3 is 10.6 Å². The first-order chi connectivity index (χ1) is 9.61. The lowest BCUT2D eigenvalue weighted by molar-refractivity contribution is 0.102. The zero-order valence-corrected chi connectivity index (χ0v) is 12.0. The number of hydrogen-bond donors (Lipinski definition) is 2. The van der Waals surface area contributed by atoms with E-state index < -0.39 is 0 Å². The number of nitrogens with zero attached hydrogens (tertiary/aromatic N) is 3. The Morgan fingerprint density at radius 3 is 2.90 bits per heavy atom. The number of carbonyl (C=O) groups excluding carboxylic acids is 1. The molecule has 0 bridgehead atoms. The lowest BCUT2D eigenvalue weighted by Gasteiger charge is -2.12. The van der Waals surface area contributed by atoms with Crippen LogP contribution in [0.3, 0.4) is 0 Å². The highest BCUT2D eigenvalue weighted by molar-refractivity contribution is 6.07. The Hall–Kier alpha value is -2.37. The summed E-state index contributed by atoms with van der Waals surface area (Å²) in [6.45, 7) is 4.80. The van der Waals surface area contributed by atoms with Crippen molar-refractivity contribution in [1.82, 2.24) is 14.8 Å². The summed E-state index contributed by atoms with van der Waals surface area (Å²) < 4.78 is 1.61. The minimum atomic E-state index is -0.195. The first-order valence-corrected chi connectivity index (χ1v) is 6.61. The highest BCUT2D eigenvalue weighted by Crippen LogP contribution is 2.17. The van der Waals surface area contributed by atoms with E-state index in [1.807, 2.05) is 13.0 Å². The second kappa shape index (κ2) is 6.18. The van der Waals surface area contributed by atoms with Crippen LogP contribution in [-0.2, 0) is 7.05 Å². The van der Waals surface area contributed by atoms with Gasteiger partial charge in [-0.25, -0.2) is 0 Å². The summed E-state index contributed by atoms with van der Waals surface area (Å²) in [5.74, 6) is 0.455. The van der Waals surface area contributed by atoms with E-state index in [1.165, 1.54) is 0 Å². The standard InChI is InChI=1S/C14H19N5O/c1-4-6-15-12-8-10(2)16-9-11(12)14(20)18-13-5-7-17-19(13)3/h5,7-9H,4,6H2,1-3H3,(H,15,16)(H,18,20). The van der Waals surface area contributed by atoms with Crippen molar-refractivity contribution in [3.63, 3.8) is 0 Å². The van der Waals surface area contributed by atoms with Crippen LogP contribution in [0.15, 0.2) is 24.5 Å². The van der Waals surface area contributed by atoms with Crippen LogP contribution in [0.4, 0.5) is 11.5 Å². The van der Waals surface area contributed by atoms with Crippen LogP contribution < -0.4 is 10.6 Å². The van der Waals surface area contributed by atoms with Crippen molar-refractivity contribution in [2.24, 2.45) is 7.05 Å². The van der Waals surface area contributed by atoms with Gasteiger partial charge in [0.25, 0.3) is 5.91 Å². The summed E-state index contributed by atoms with van der Waals surface area (Å²) >= 11 is 0. The zero-order valence-electron chi connectivity index (χ0n) is 12.0. The van der Waals surface area contributed by atoms with Crippen molar-refractivity contribution in [2.45, 2.75) is 20.3 Å². The third-order valence-corrected chi connectivity index (χ3v) is 2.91.